The van der Waals surface area contributed by atoms with Gasteiger partial charge in [0.25, 0.3) is 0 Å². The summed E-state index contributed by atoms with van der Waals surface area (Å²) in [5, 5.41) is 9.06. The van der Waals surface area contributed by atoms with E-state index in [4.69, 9.17) is 14.7 Å². The average Bonchev–Trinajstić information content (AvgIpc) is 2.79. The molecular weight excluding hydrogens is 228 g/mol. The van der Waals surface area contributed by atoms with E-state index in [2.05, 4.69) is 17.9 Å². The molecule has 18 heavy (non-hydrogen) atoms. The van der Waals surface area contributed by atoms with E-state index in [0.717, 1.165) is 30.2 Å². The molecule has 1 heterocycles. The first kappa shape index (κ1) is 12.6. The van der Waals surface area contributed by atoms with E-state index in [0.29, 0.717) is 0 Å². The molecule has 96 valence electrons. The van der Waals surface area contributed by atoms with Crippen LogP contribution >= 0.6 is 0 Å². The smallest absolute Gasteiger partial charge is 0.162 e. The Kier molecular flexibility index (Phi) is 3.61. The molecule has 0 aromatic heterocycles. The van der Waals surface area contributed by atoms with Gasteiger partial charge in [0.15, 0.2) is 11.5 Å². The molecule has 1 aliphatic heterocycles. The molecule has 2 unspecified atom stereocenters. The van der Waals surface area contributed by atoms with Crippen LogP contribution in [0.15, 0.2) is 18.2 Å². The Morgan fingerprint density at radius 1 is 1.28 bits per heavy atom. The minimum atomic E-state index is 0.109. The molecule has 1 aromatic rings. The van der Waals surface area contributed by atoms with Gasteiger partial charge in [-0.3, -0.25) is 0 Å². The van der Waals surface area contributed by atoms with Gasteiger partial charge in [-0.05, 0) is 25.5 Å². The fourth-order valence-electron chi connectivity index (χ4n) is 2.48. The number of hydrogen-bond acceptors (Lipinski definition) is 4. The van der Waals surface area contributed by atoms with Crippen LogP contribution in [0.3, 0.4) is 0 Å². The molecule has 0 radical (unpaired) electrons. The molecule has 4 nitrogen and oxygen atoms in total. The van der Waals surface area contributed by atoms with Crippen LogP contribution in [0, 0.1) is 17.2 Å². The fourth-order valence-corrected chi connectivity index (χ4v) is 2.48. The second-order valence-electron chi connectivity index (χ2n) is 4.50. The van der Waals surface area contributed by atoms with Crippen LogP contribution in [-0.2, 0) is 0 Å². The highest BCUT2D eigenvalue weighted by atomic mass is 16.5. The lowest BCUT2D eigenvalue weighted by molar-refractivity contribution is 0.355. The van der Waals surface area contributed by atoms with Crippen LogP contribution in [-0.4, -0.2) is 26.8 Å². The summed E-state index contributed by atoms with van der Waals surface area (Å²) in [6, 6.07) is 8.49. The zero-order chi connectivity index (χ0) is 13.1. The minimum Gasteiger partial charge on any atom is -0.493 e. The summed E-state index contributed by atoms with van der Waals surface area (Å²) in [5.74, 6) is 1.56. The van der Waals surface area contributed by atoms with Crippen LogP contribution in [0.4, 0.5) is 5.69 Å². The van der Waals surface area contributed by atoms with Crippen LogP contribution < -0.4 is 14.4 Å². The Labute approximate surface area is 108 Å². The van der Waals surface area contributed by atoms with Gasteiger partial charge in [0.05, 0.1) is 26.2 Å². The van der Waals surface area contributed by atoms with Gasteiger partial charge in [-0.15, -0.1) is 0 Å². The van der Waals surface area contributed by atoms with Crippen LogP contribution in [0.1, 0.15) is 13.3 Å². The van der Waals surface area contributed by atoms with Gasteiger partial charge in [-0.2, -0.15) is 5.26 Å². The van der Waals surface area contributed by atoms with Gasteiger partial charge in [0.2, 0.25) is 0 Å². The molecule has 1 fully saturated rings. The molecule has 0 amide bonds. The maximum atomic E-state index is 9.06. The Morgan fingerprint density at radius 3 is 2.56 bits per heavy atom. The van der Waals surface area contributed by atoms with Crippen molar-refractivity contribution in [1.82, 2.24) is 0 Å². The topological polar surface area (TPSA) is 45.5 Å². The van der Waals surface area contributed by atoms with Gasteiger partial charge in [-0.25, -0.2) is 0 Å². The van der Waals surface area contributed by atoms with Crippen molar-refractivity contribution in [2.75, 3.05) is 25.7 Å². The van der Waals surface area contributed by atoms with Crippen molar-refractivity contribution in [2.24, 2.45) is 5.92 Å². The van der Waals surface area contributed by atoms with Gasteiger partial charge in [-0.1, -0.05) is 0 Å². The first-order chi connectivity index (χ1) is 8.71. The van der Waals surface area contributed by atoms with Gasteiger partial charge in [0, 0.05) is 24.3 Å². The second-order valence-corrected chi connectivity index (χ2v) is 4.50. The largest absolute Gasteiger partial charge is 0.493 e. The summed E-state index contributed by atoms with van der Waals surface area (Å²) >= 11 is 0. The lowest BCUT2D eigenvalue weighted by Gasteiger charge is -2.25. The zero-order valence-corrected chi connectivity index (χ0v) is 11.0. The number of nitriles is 1. The van der Waals surface area contributed by atoms with Gasteiger partial charge in [0.1, 0.15) is 0 Å². The third-order valence-corrected chi connectivity index (χ3v) is 3.62. The number of nitrogens with zero attached hydrogens (tertiary/aromatic N) is 2. The molecule has 1 saturated heterocycles. The maximum Gasteiger partial charge on any atom is 0.162 e. The van der Waals surface area contributed by atoms with Crippen molar-refractivity contribution in [3.05, 3.63) is 18.2 Å². The molecular formula is C14H18N2O2. The van der Waals surface area contributed by atoms with Crippen molar-refractivity contribution < 1.29 is 9.47 Å². The predicted molar refractivity (Wildman–Crippen MR) is 70.1 cm³/mol. The van der Waals surface area contributed by atoms with Crippen molar-refractivity contribution in [1.29, 1.82) is 5.26 Å². The number of benzene rings is 1. The Morgan fingerprint density at radius 2 is 2.00 bits per heavy atom. The third-order valence-electron chi connectivity index (χ3n) is 3.62. The molecule has 0 N–H and O–H groups in total. The van der Waals surface area contributed by atoms with E-state index in [1.807, 2.05) is 18.2 Å². The number of hydrogen-bond donors (Lipinski definition) is 0. The van der Waals surface area contributed by atoms with Crippen LogP contribution in [0.25, 0.3) is 0 Å². The van der Waals surface area contributed by atoms with E-state index in [9.17, 15) is 0 Å². The maximum absolute atomic E-state index is 9.06. The lowest BCUT2D eigenvalue weighted by atomic mass is 10.0. The molecule has 0 bridgehead atoms. The standard InChI is InChI=1S/C14H18N2O2/c1-10-11(9-15)6-7-16(10)12-4-5-13(17-2)14(8-12)18-3/h4-5,8,10-11H,6-7H2,1-3H3. The van der Waals surface area contributed by atoms with E-state index < -0.39 is 0 Å². The normalized spacial score (nSPS) is 22.7. The molecule has 0 aliphatic carbocycles. The molecule has 1 aromatic carbocycles. The van der Waals surface area contributed by atoms with E-state index >= 15 is 0 Å². The number of ether oxygens (including phenoxy) is 2. The Bertz CT molecular complexity index is 467. The fraction of sp³-hybridized carbons (Fsp3) is 0.500. The highest BCUT2D eigenvalue weighted by Gasteiger charge is 2.31. The molecule has 2 rings (SSSR count). The predicted octanol–water partition coefficient (Wildman–Crippen LogP) is 2.44. The van der Waals surface area contributed by atoms with E-state index in [1.165, 1.54) is 0 Å². The lowest BCUT2D eigenvalue weighted by Crippen LogP contribution is -2.29. The second kappa shape index (κ2) is 5.18. The average molecular weight is 246 g/mol. The summed E-state index contributed by atoms with van der Waals surface area (Å²) in [5.41, 5.74) is 1.08. The first-order valence-corrected chi connectivity index (χ1v) is 6.09. The Balaban J connectivity index is 2.27. The molecule has 1 aliphatic rings. The van der Waals surface area contributed by atoms with Crippen molar-refractivity contribution >= 4 is 5.69 Å². The van der Waals surface area contributed by atoms with E-state index in [1.54, 1.807) is 14.2 Å². The van der Waals surface area contributed by atoms with Crippen LogP contribution in [0.2, 0.25) is 0 Å². The summed E-state index contributed by atoms with van der Waals surface area (Å²) in [6.45, 7) is 3.01. The number of methoxy groups -OCH3 is 2. The SMILES string of the molecule is COc1ccc(N2CCC(C#N)C2C)cc1OC. The number of rotatable bonds is 3. The van der Waals surface area contributed by atoms with Gasteiger partial charge >= 0.3 is 0 Å². The molecule has 0 spiro atoms. The van der Waals surface area contributed by atoms with E-state index in [-0.39, 0.29) is 12.0 Å². The third kappa shape index (κ3) is 2.08. The first-order valence-electron chi connectivity index (χ1n) is 6.09. The minimum absolute atomic E-state index is 0.109. The van der Waals surface area contributed by atoms with Gasteiger partial charge < -0.3 is 14.4 Å². The molecule has 0 saturated carbocycles. The monoisotopic (exact) mass is 246 g/mol. The summed E-state index contributed by atoms with van der Waals surface area (Å²) in [6.07, 6.45) is 0.923. The summed E-state index contributed by atoms with van der Waals surface area (Å²) in [7, 11) is 3.26. The zero-order valence-electron chi connectivity index (χ0n) is 11.0. The highest BCUT2D eigenvalue weighted by molar-refractivity contribution is 5.57. The quantitative estimate of drug-likeness (QED) is 0.821. The Hall–Kier alpha value is -1.89. The van der Waals surface area contributed by atoms with Crippen molar-refractivity contribution in [3.63, 3.8) is 0 Å². The molecule has 4 heteroatoms. The highest BCUT2D eigenvalue weighted by Crippen LogP contribution is 2.35. The van der Waals surface area contributed by atoms with Crippen molar-refractivity contribution in [3.8, 4) is 17.6 Å². The summed E-state index contributed by atoms with van der Waals surface area (Å²) in [4.78, 5) is 2.25. The molecule has 2 atom stereocenters. The van der Waals surface area contributed by atoms with Crippen LogP contribution in [0.5, 0.6) is 11.5 Å². The number of anilines is 1. The summed E-state index contributed by atoms with van der Waals surface area (Å²) < 4.78 is 10.5. The van der Waals surface area contributed by atoms with Crippen molar-refractivity contribution in [2.45, 2.75) is 19.4 Å².